The number of urea groups is 1. The van der Waals surface area contributed by atoms with E-state index in [2.05, 4.69) is 5.32 Å². The highest BCUT2D eigenvalue weighted by atomic mass is 16.4. The van der Waals surface area contributed by atoms with Crippen LogP contribution in [0.5, 0.6) is 0 Å². The number of aliphatic carboxylic acids is 1. The van der Waals surface area contributed by atoms with Crippen molar-refractivity contribution in [3.05, 3.63) is 29.8 Å². The average molecular weight is 262 g/mol. The van der Waals surface area contributed by atoms with E-state index in [0.717, 1.165) is 24.1 Å². The van der Waals surface area contributed by atoms with Crippen LogP contribution in [0.3, 0.4) is 0 Å². The maximum Gasteiger partial charge on any atom is 0.322 e. The van der Waals surface area contributed by atoms with Crippen molar-refractivity contribution in [3.8, 4) is 0 Å². The molecule has 1 aromatic carbocycles. The predicted molar refractivity (Wildman–Crippen MR) is 72.0 cm³/mol. The summed E-state index contributed by atoms with van der Waals surface area (Å²) in [5.41, 5.74) is 2.00. The third-order valence-corrected chi connectivity index (χ3v) is 3.23. The summed E-state index contributed by atoms with van der Waals surface area (Å²) in [5, 5.41) is 11.4. The second-order valence-corrected chi connectivity index (χ2v) is 4.71. The monoisotopic (exact) mass is 262 g/mol. The molecule has 5 nitrogen and oxygen atoms in total. The molecule has 2 amide bonds. The van der Waals surface area contributed by atoms with Gasteiger partial charge in [-0.2, -0.15) is 0 Å². The Balaban J connectivity index is 1.79. The number of amides is 2. The minimum atomic E-state index is -0.760. The zero-order chi connectivity index (χ0) is 13.7. The van der Waals surface area contributed by atoms with Crippen LogP contribution >= 0.6 is 0 Å². The Kier molecular flexibility index (Phi) is 4.39. The van der Waals surface area contributed by atoms with Crippen molar-refractivity contribution in [2.24, 2.45) is 0 Å². The molecule has 0 unspecified atom stereocenters. The molecule has 0 fully saturated rings. The first-order valence-corrected chi connectivity index (χ1v) is 6.52. The SMILES string of the molecule is O=C(O)CCCCCN1Cc2ccccc2NC1=O. The van der Waals surface area contributed by atoms with Crippen LogP contribution in [0.15, 0.2) is 24.3 Å². The molecule has 1 aromatic rings. The second kappa shape index (κ2) is 6.22. The van der Waals surface area contributed by atoms with Gasteiger partial charge >= 0.3 is 12.0 Å². The van der Waals surface area contributed by atoms with Gasteiger partial charge in [-0.1, -0.05) is 24.6 Å². The van der Waals surface area contributed by atoms with Crippen LogP contribution in [0, 0.1) is 0 Å². The highest BCUT2D eigenvalue weighted by Crippen LogP contribution is 2.22. The van der Waals surface area contributed by atoms with Gasteiger partial charge in [0.25, 0.3) is 0 Å². The number of carbonyl (C=O) groups is 2. The third-order valence-electron chi connectivity index (χ3n) is 3.23. The van der Waals surface area contributed by atoms with Crippen molar-refractivity contribution in [2.75, 3.05) is 11.9 Å². The minimum Gasteiger partial charge on any atom is -0.481 e. The highest BCUT2D eigenvalue weighted by Gasteiger charge is 2.21. The lowest BCUT2D eigenvalue weighted by atomic mass is 10.1. The van der Waals surface area contributed by atoms with Crippen LogP contribution in [-0.4, -0.2) is 28.6 Å². The van der Waals surface area contributed by atoms with E-state index in [1.54, 1.807) is 4.90 Å². The molecule has 0 bridgehead atoms. The van der Waals surface area contributed by atoms with Crippen LogP contribution < -0.4 is 5.32 Å². The van der Waals surface area contributed by atoms with Crippen LogP contribution in [-0.2, 0) is 11.3 Å². The first kappa shape index (κ1) is 13.4. The maximum absolute atomic E-state index is 11.8. The number of fused-ring (bicyclic) bond motifs is 1. The molecule has 5 heteroatoms. The van der Waals surface area contributed by atoms with Crippen molar-refractivity contribution in [3.63, 3.8) is 0 Å². The van der Waals surface area contributed by atoms with Crippen molar-refractivity contribution < 1.29 is 14.7 Å². The molecule has 0 radical (unpaired) electrons. The van der Waals surface area contributed by atoms with Gasteiger partial charge in [-0.05, 0) is 24.5 Å². The Morgan fingerprint density at radius 3 is 2.84 bits per heavy atom. The number of nitrogens with one attached hydrogen (secondary N) is 1. The average Bonchev–Trinajstić information content (AvgIpc) is 2.38. The first-order chi connectivity index (χ1) is 9.16. The van der Waals surface area contributed by atoms with Crippen molar-refractivity contribution >= 4 is 17.7 Å². The Bertz CT molecular complexity index is 474. The van der Waals surface area contributed by atoms with Gasteiger partial charge in [0.2, 0.25) is 0 Å². The molecule has 0 spiro atoms. The zero-order valence-electron chi connectivity index (χ0n) is 10.8. The number of carboxylic acid groups (broad SMARTS) is 1. The van der Waals surface area contributed by atoms with E-state index in [1.165, 1.54) is 0 Å². The fourth-order valence-corrected chi connectivity index (χ4v) is 2.19. The fraction of sp³-hybridized carbons (Fsp3) is 0.429. The number of benzene rings is 1. The predicted octanol–water partition coefficient (Wildman–Crippen LogP) is 2.68. The number of unbranched alkanes of at least 4 members (excludes halogenated alkanes) is 2. The Hall–Kier alpha value is -2.04. The molecule has 2 N–H and O–H groups in total. The Labute approximate surface area is 112 Å². The molecule has 102 valence electrons. The summed E-state index contributed by atoms with van der Waals surface area (Å²) < 4.78 is 0. The van der Waals surface area contributed by atoms with Crippen LogP contribution in [0.1, 0.15) is 31.2 Å². The quantitative estimate of drug-likeness (QED) is 0.774. The number of rotatable bonds is 6. The minimum absolute atomic E-state index is 0.0723. The van der Waals surface area contributed by atoms with E-state index in [9.17, 15) is 9.59 Å². The van der Waals surface area contributed by atoms with Gasteiger partial charge in [-0.3, -0.25) is 4.79 Å². The van der Waals surface area contributed by atoms with Gasteiger partial charge in [0.1, 0.15) is 0 Å². The number of carbonyl (C=O) groups excluding carboxylic acids is 1. The number of anilines is 1. The molecule has 0 aliphatic carbocycles. The molecular formula is C14H18N2O3. The van der Waals surface area contributed by atoms with Crippen LogP contribution in [0.4, 0.5) is 10.5 Å². The number of para-hydroxylation sites is 1. The summed E-state index contributed by atoms with van der Waals surface area (Å²) >= 11 is 0. The summed E-state index contributed by atoms with van der Waals surface area (Å²) in [6.45, 7) is 1.29. The molecule has 1 aliphatic heterocycles. The third kappa shape index (κ3) is 3.71. The highest BCUT2D eigenvalue weighted by molar-refractivity contribution is 5.92. The summed E-state index contributed by atoms with van der Waals surface area (Å²) in [6, 6.07) is 7.70. The molecule has 1 heterocycles. The van der Waals surface area contributed by atoms with E-state index in [-0.39, 0.29) is 12.5 Å². The van der Waals surface area contributed by atoms with Gasteiger partial charge in [0.05, 0.1) is 0 Å². The summed E-state index contributed by atoms with van der Waals surface area (Å²) in [4.78, 5) is 24.0. The fourth-order valence-electron chi connectivity index (χ4n) is 2.19. The standard InChI is InChI=1S/C14H18N2O3/c17-13(18)8-2-1-5-9-16-10-11-6-3-4-7-12(11)15-14(16)19/h3-4,6-7H,1-2,5,8-10H2,(H,15,19)(H,17,18). The molecule has 0 saturated carbocycles. The number of hydrogen-bond acceptors (Lipinski definition) is 2. The summed E-state index contributed by atoms with van der Waals surface area (Å²) in [6.07, 6.45) is 2.54. The molecule has 1 aliphatic rings. The van der Waals surface area contributed by atoms with Crippen molar-refractivity contribution in [1.29, 1.82) is 0 Å². The Morgan fingerprint density at radius 1 is 1.26 bits per heavy atom. The zero-order valence-corrected chi connectivity index (χ0v) is 10.8. The molecular weight excluding hydrogens is 244 g/mol. The van der Waals surface area contributed by atoms with Gasteiger partial charge in [-0.25, -0.2) is 4.79 Å². The first-order valence-electron chi connectivity index (χ1n) is 6.52. The maximum atomic E-state index is 11.8. The van der Waals surface area contributed by atoms with Crippen LogP contribution in [0.2, 0.25) is 0 Å². The van der Waals surface area contributed by atoms with Crippen molar-refractivity contribution in [2.45, 2.75) is 32.2 Å². The van der Waals surface area contributed by atoms with Gasteiger partial charge in [0, 0.05) is 25.2 Å². The number of nitrogens with zero attached hydrogens (tertiary/aromatic N) is 1. The van der Waals surface area contributed by atoms with E-state index < -0.39 is 5.97 Å². The molecule has 0 saturated heterocycles. The molecule has 0 aromatic heterocycles. The number of hydrogen-bond donors (Lipinski definition) is 2. The smallest absolute Gasteiger partial charge is 0.322 e. The lowest BCUT2D eigenvalue weighted by molar-refractivity contribution is -0.137. The largest absolute Gasteiger partial charge is 0.481 e. The summed E-state index contributed by atoms with van der Waals surface area (Å²) in [7, 11) is 0. The van der Waals surface area contributed by atoms with Crippen molar-refractivity contribution in [1.82, 2.24) is 4.90 Å². The van der Waals surface area contributed by atoms with Crippen LogP contribution in [0.25, 0.3) is 0 Å². The number of carboxylic acids is 1. The van der Waals surface area contributed by atoms with Gasteiger partial charge in [0.15, 0.2) is 0 Å². The van der Waals surface area contributed by atoms with E-state index in [0.29, 0.717) is 19.5 Å². The second-order valence-electron chi connectivity index (χ2n) is 4.71. The summed E-state index contributed by atoms with van der Waals surface area (Å²) in [5.74, 6) is -0.760. The van der Waals surface area contributed by atoms with E-state index in [1.807, 2.05) is 24.3 Å². The van der Waals surface area contributed by atoms with Gasteiger partial charge in [-0.15, -0.1) is 0 Å². The van der Waals surface area contributed by atoms with Gasteiger partial charge < -0.3 is 15.3 Å². The normalized spacial score (nSPS) is 13.9. The lowest BCUT2D eigenvalue weighted by Crippen LogP contribution is -2.39. The Morgan fingerprint density at radius 2 is 2.05 bits per heavy atom. The topological polar surface area (TPSA) is 69.6 Å². The van der Waals surface area contributed by atoms with E-state index >= 15 is 0 Å². The molecule has 0 atom stereocenters. The van der Waals surface area contributed by atoms with E-state index in [4.69, 9.17) is 5.11 Å². The lowest BCUT2D eigenvalue weighted by Gasteiger charge is -2.29. The molecule has 2 rings (SSSR count). The molecule has 19 heavy (non-hydrogen) atoms.